The third kappa shape index (κ3) is 4.72. The number of carbonyl (C=O) groups excluding carboxylic acids is 1. The summed E-state index contributed by atoms with van der Waals surface area (Å²) >= 11 is 0.778. The van der Waals surface area contributed by atoms with Crippen molar-refractivity contribution >= 4 is 33.4 Å². The van der Waals surface area contributed by atoms with Gasteiger partial charge in [0, 0.05) is 11.9 Å². The van der Waals surface area contributed by atoms with Gasteiger partial charge in [0.2, 0.25) is 16.0 Å². The van der Waals surface area contributed by atoms with Crippen molar-refractivity contribution in [3.63, 3.8) is 0 Å². The van der Waals surface area contributed by atoms with Gasteiger partial charge < -0.3 is 10.1 Å². The van der Waals surface area contributed by atoms with E-state index in [0.29, 0.717) is 0 Å². The lowest BCUT2D eigenvalue weighted by molar-refractivity contribution is -0.138. The first kappa shape index (κ1) is 21.5. The van der Waals surface area contributed by atoms with Crippen LogP contribution in [-0.2, 0) is 26.5 Å². The lowest BCUT2D eigenvalue weighted by Crippen LogP contribution is -2.61. The van der Waals surface area contributed by atoms with Gasteiger partial charge in [-0.15, -0.1) is 16.3 Å². The summed E-state index contributed by atoms with van der Waals surface area (Å²) in [6, 6.07) is 0.891. The standard InChI is InChI=1S/C15H20F3N3O4S2/c1-13(2,3)25-12(22)19-11-20-14(4,8-27(23,24)21(11)5)10-9(6-7-26-10)15(16,17)18/h6-7H,8H2,1-5H3,(H,19,20,22)/t14-/m0/s1. The number of hydrogen-bond acceptors (Lipinski definition) is 5. The minimum Gasteiger partial charge on any atom is -0.442 e. The van der Waals surface area contributed by atoms with Crippen molar-refractivity contribution in [3.05, 3.63) is 21.9 Å². The lowest BCUT2D eigenvalue weighted by atomic mass is 9.99. The second-order valence-electron chi connectivity index (χ2n) is 7.26. The van der Waals surface area contributed by atoms with Crippen molar-refractivity contribution in [2.75, 3.05) is 12.8 Å². The Morgan fingerprint density at radius 1 is 1.37 bits per heavy atom. The van der Waals surface area contributed by atoms with Crippen LogP contribution in [0.2, 0.25) is 0 Å². The second-order valence-corrected chi connectivity index (χ2v) is 10.2. The fraction of sp³-hybridized carbons (Fsp3) is 0.600. The van der Waals surface area contributed by atoms with Gasteiger partial charge >= 0.3 is 12.3 Å². The number of ether oxygens (including phenoxy) is 1. The molecule has 12 heteroatoms. The highest BCUT2D eigenvalue weighted by Crippen LogP contribution is 2.41. The molecule has 0 saturated carbocycles. The Morgan fingerprint density at radius 2 is 1.96 bits per heavy atom. The average molecular weight is 427 g/mol. The van der Waals surface area contributed by atoms with E-state index >= 15 is 0 Å². The highest BCUT2D eigenvalue weighted by Gasteiger charge is 2.48. The first-order valence-electron chi connectivity index (χ1n) is 7.77. The van der Waals surface area contributed by atoms with Crippen LogP contribution in [-0.4, -0.2) is 43.2 Å². The van der Waals surface area contributed by atoms with E-state index in [-0.39, 0.29) is 4.88 Å². The van der Waals surface area contributed by atoms with Crippen LogP contribution >= 0.6 is 11.3 Å². The summed E-state index contributed by atoms with van der Waals surface area (Å²) in [5.41, 5.74) is -3.42. The van der Waals surface area contributed by atoms with Gasteiger partial charge in [-0.05, 0) is 39.1 Å². The molecule has 0 spiro atoms. The van der Waals surface area contributed by atoms with Crippen LogP contribution in [0, 0.1) is 0 Å². The van der Waals surface area contributed by atoms with E-state index in [4.69, 9.17) is 4.74 Å². The van der Waals surface area contributed by atoms with Crippen molar-refractivity contribution in [1.29, 1.82) is 0 Å². The van der Waals surface area contributed by atoms with Crippen LogP contribution in [0.5, 0.6) is 0 Å². The summed E-state index contributed by atoms with van der Waals surface area (Å²) in [7, 11) is -2.87. The number of nitrogens with one attached hydrogen (secondary N) is 1. The number of carbonyl (C=O) groups is 1. The Bertz CT molecular complexity index is 872. The molecule has 2 heterocycles. The number of amides is 1. The van der Waals surface area contributed by atoms with Crippen LogP contribution in [0.3, 0.4) is 0 Å². The monoisotopic (exact) mass is 427 g/mol. The number of nitrogens with zero attached hydrogens (tertiary/aromatic N) is 2. The molecule has 1 aliphatic rings. The van der Waals surface area contributed by atoms with E-state index in [0.717, 1.165) is 28.8 Å². The summed E-state index contributed by atoms with van der Waals surface area (Å²) in [6.07, 6.45) is -5.70. The molecule has 0 aliphatic carbocycles. The molecule has 1 atom stereocenters. The molecule has 1 saturated heterocycles. The van der Waals surface area contributed by atoms with Crippen LogP contribution in [0.4, 0.5) is 18.0 Å². The van der Waals surface area contributed by atoms with Gasteiger partial charge in [-0.2, -0.15) is 13.2 Å². The van der Waals surface area contributed by atoms with Crippen molar-refractivity contribution in [2.24, 2.45) is 4.99 Å². The molecule has 0 bridgehead atoms. The molecule has 1 fully saturated rings. The largest absolute Gasteiger partial charge is 0.442 e. The summed E-state index contributed by atoms with van der Waals surface area (Å²) in [5.74, 6) is -1.03. The number of rotatable bonds is 1. The van der Waals surface area contributed by atoms with Crippen LogP contribution in [0.1, 0.15) is 38.1 Å². The predicted molar refractivity (Wildman–Crippen MR) is 95.0 cm³/mol. The molecule has 0 aromatic carbocycles. The minimum atomic E-state index is -4.64. The number of thiophene rings is 1. The Kier molecular flexibility index (Phi) is 5.30. The van der Waals surface area contributed by atoms with Gasteiger partial charge in [-0.1, -0.05) is 0 Å². The summed E-state index contributed by atoms with van der Waals surface area (Å²) in [5, 5.41) is 3.91. The fourth-order valence-corrected chi connectivity index (χ4v) is 5.12. The summed E-state index contributed by atoms with van der Waals surface area (Å²) in [6.45, 7) is 6.13. The Hall–Kier alpha value is -1.82. The van der Waals surface area contributed by atoms with E-state index in [9.17, 15) is 26.4 Å². The molecular formula is C15H20F3N3O4S2. The summed E-state index contributed by atoms with van der Waals surface area (Å²) < 4.78 is 70.6. The molecule has 1 amide bonds. The number of alkyl halides is 3. The third-order valence-electron chi connectivity index (χ3n) is 3.64. The zero-order valence-corrected chi connectivity index (χ0v) is 17.0. The SMILES string of the molecule is CN1/C(=N\C(=O)OC(C)(C)C)N[C@](C)(c2sccc2C(F)(F)F)CS1(=O)=O. The molecule has 1 aromatic rings. The van der Waals surface area contributed by atoms with E-state index in [1.807, 2.05) is 0 Å². The highest BCUT2D eigenvalue weighted by atomic mass is 32.2. The van der Waals surface area contributed by atoms with Gasteiger partial charge in [0.05, 0.1) is 16.9 Å². The van der Waals surface area contributed by atoms with Gasteiger partial charge in [-0.25, -0.2) is 17.5 Å². The second kappa shape index (κ2) is 6.66. The summed E-state index contributed by atoms with van der Waals surface area (Å²) in [4.78, 5) is 15.4. The first-order valence-corrected chi connectivity index (χ1v) is 10.3. The van der Waals surface area contributed by atoms with Gasteiger partial charge in [0.1, 0.15) is 5.60 Å². The van der Waals surface area contributed by atoms with Crippen molar-refractivity contribution in [2.45, 2.75) is 45.0 Å². The molecule has 2 rings (SSSR count). The normalized spacial score (nSPS) is 24.6. The third-order valence-corrected chi connectivity index (χ3v) is 6.76. The first-order chi connectivity index (χ1) is 12.1. The topological polar surface area (TPSA) is 88.1 Å². The molecule has 1 N–H and O–H groups in total. The molecular weight excluding hydrogens is 407 g/mol. The fourth-order valence-electron chi connectivity index (χ4n) is 2.51. The Balaban J connectivity index is 2.49. The van der Waals surface area contributed by atoms with Crippen molar-refractivity contribution in [3.8, 4) is 0 Å². The molecule has 152 valence electrons. The zero-order valence-electron chi connectivity index (χ0n) is 15.3. The van der Waals surface area contributed by atoms with Gasteiger partial charge in [-0.3, -0.25) is 0 Å². The quantitative estimate of drug-likeness (QED) is 0.744. The maximum Gasteiger partial charge on any atom is 0.437 e. The number of halogens is 3. The van der Waals surface area contributed by atoms with Crippen LogP contribution in [0.15, 0.2) is 16.4 Å². The van der Waals surface area contributed by atoms with Crippen LogP contribution in [0.25, 0.3) is 0 Å². The lowest BCUT2D eigenvalue weighted by Gasteiger charge is -2.40. The number of sulfonamides is 1. The van der Waals surface area contributed by atoms with Crippen molar-refractivity contribution < 1.29 is 31.1 Å². The molecule has 0 radical (unpaired) electrons. The molecule has 0 unspecified atom stereocenters. The number of hydrogen-bond donors (Lipinski definition) is 1. The van der Waals surface area contributed by atoms with Crippen LogP contribution < -0.4 is 5.32 Å². The van der Waals surface area contributed by atoms with E-state index < -0.39 is 50.7 Å². The zero-order chi connectivity index (χ0) is 20.8. The maximum absolute atomic E-state index is 13.3. The van der Waals surface area contributed by atoms with E-state index in [1.54, 1.807) is 20.8 Å². The smallest absolute Gasteiger partial charge is 0.437 e. The average Bonchev–Trinajstić information content (AvgIpc) is 2.92. The van der Waals surface area contributed by atoms with Gasteiger partial charge in [0.15, 0.2) is 0 Å². The van der Waals surface area contributed by atoms with Gasteiger partial charge in [0.25, 0.3) is 0 Å². The van der Waals surface area contributed by atoms with E-state index in [1.165, 1.54) is 12.3 Å². The minimum absolute atomic E-state index is 0.205. The Morgan fingerprint density at radius 3 is 2.48 bits per heavy atom. The van der Waals surface area contributed by atoms with E-state index in [2.05, 4.69) is 10.3 Å². The highest BCUT2D eigenvalue weighted by molar-refractivity contribution is 7.89. The predicted octanol–water partition coefficient (Wildman–Crippen LogP) is 3.14. The molecule has 1 aliphatic heterocycles. The molecule has 7 nitrogen and oxygen atoms in total. The maximum atomic E-state index is 13.3. The molecule has 27 heavy (non-hydrogen) atoms. The van der Waals surface area contributed by atoms with Crippen molar-refractivity contribution in [1.82, 2.24) is 9.62 Å². The number of guanidine groups is 1. The molecule has 1 aromatic heterocycles. The Labute approximate surface area is 159 Å². The number of aliphatic imine (C=N–C) groups is 1.